The second kappa shape index (κ2) is 5.79. The van der Waals surface area contributed by atoms with Crippen LogP contribution in [0.1, 0.15) is 26.7 Å². The Morgan fingerprint density at radius 1 is 1.45 bits per heavy atom. The fourth-order valence-corrected chi connectivity index (χ4v) is 2.89. The Labute approximate surface area is 120 Å². The summed E-state index contributed by atoms with van der Waals surface area (Å²) in [6, 6.07) is 4.47. The maximum atomic E-state index is 4.73. The molecule has 1 fully saturated rings. The van der Waals surface area contributed by atoms with Crippen molar-refractivity contribution >= 4 is 11.5 Å². The molecule has 1 unspecified atom stereocenters. The van der Waals surface area contributed by atoms with Gasteiger partial charge in [0.05, 0.1) is 6.20 Å². The van der Waals surface area contributed by atoms with Crippen LogP contribution in [0.3, 0.4) is 0 Å². The highest BCUT2D eigenvalue weighted by Crippen LogP contribution is 2.20. The summed E-state index contributed by atoms with van der Waals surface area (Å²) < 4.78 is 1.81. The van der Waals surface area contributed by atoms with Gasteiger partial charge in [0.1, 0.15) is 5.82 Å². The molecule has 0 amide bonds. The van der Waals surface area contributed by atoms with Crippen LogP contribution >= 0.6 is 0 Å². The van der Waals surface area contributed by atoms with Crippen LogP contribution in [0.15, 0.2) is 24.5 Å². The van der Waals surface area contributed by atoms with E-state index in [-0.39, 0.29) is 0 Å². The first-order valence-corrected chi connectivity index (χ1v) is 7.52. The fourth-order valence-electron chi connectivity index (χ4n) is 2.89. The van der Waals surface area contributed by atoms with Gasteiger partial charge in [0.2, 0.25) is 0 Å². The Hall–Kier alpha value is -1.62. The summed E-state index contributed by atoms with van der Waals surface area (Å²) in [6.45, 7) is 7.83. The normalized spacial score (nSPS) is 19.6. The topological polar surface area (TPSA) is 45.5 Å². The molecule has 5 nitrogen and oxygen atoms in total. The predicted molar refractivity (Wildman–Crippen MR) is 81.1 cm³/mol. The molecule has 0 aliphatic carbocycles. The van der Waals surface area contributed by atoms with Crippen LogP contribution in [0, 0.1) is 5.92 Å². The highest BCUT2D eigenvalue weighted by atomic mass is 15.3. The summed E-state index contributed by atoms with van der Waals surface area (Å²) in [4.78, 5) is 7.14. The van der Waals surface area contributed by atoms with E-state index in [1.54, 1.807) is 6.20 Å². The van der Waals surface area contributed by atoms with Crippen molar-refractivity contribution in [3.63, 3.8) is 0 Å². The van der Waals surface area contributed by atoms with E-state index in [1.165, 1.54) is 12.8 Å². The van der Waals surface area contributed by atoms with E-state index < -0.39 is 0 Å². The first-order valence-electron chi connectivity index (χ1n) is 7.52. The molecule has 0 spiro atoms. The van der Waals surface area contributed by atoms with Crippen LogP contribution in [-0.4, -0.2) is 40.3 Å². The molecule has 0 saturated carbocycles. The molecule has 0 aromatic carbocycles. The molecule has 0 radical (unpaired) electrons. The zero-order valence-corrected chi connectivity index (χ0v) is 12.3. The molecule has 1 atom stereocenters. The third kappa shape index (κ3) is 2.77. The second-order valence-corrected chi connectivity index (χ2v) is 5.88. The van der Waals surface area contributed by atoms with Crippen LogP contribution in [0.5, 0.6) is 0 Å². The quantitative estimate of drug-likeness (QED) is 0.925. The smallest absolute Gasteiger partial charge is 0.157 e. The number of hydrogen-bond acceptors (Lipinski definition) is 4. The van der Waals surface area contributed by atoms with Gasteiger partial charge in [-0.2, -0.15) is 5.10 Å². The van der Waals surface area contributed by atoms with Gasteiger partial charge in [-0.3, -0.25) is 0 Å². The highest BCUT2D eigenvalue weighted by molar-refractivity contribution is 5.47. The maximum Gasteiger partial charge on any atom is 0.157 e. The lowest BCUT2D eigenvalue weighted by Gasteiger charge is -2.33. The van der Waals surface area contributed by atoms with Crippen molar-refractivity contribution in [3.8, 4) is 0 Å². The number of anilines is 1. The van der Waals surface area contributed by atoms with Gasteiger partial charge in [-0.25, -0.2) is 9.50 Å². The summed E-state index contributed by atoms with van der Waals surface area (Å²) in [5.74, 6) is 1.77. The molecular formula is C15H23N5. The molecule has 2 aromatic heterocycles. The fraction of sp³-hybridized carbons (Fsp3) is 0.600. The molecule has 2 aromatic rings. The van der Waals surface area contributed by atoms with Gasteiger partial charge >= 0.3 is 0 Å². The minimum Gasteiger partial charge on any atom is -0.354 e. The number of fused-ring (bicyclic) bond motifs is 1. The van der Waals surface area contributed by atoms with Crippen LogP contribution in [0.2, 0.25) is 0 Å². The molecule has 3 heterocycles. The van der Waals surface area contributed by atoms with Gasteiger partial charge in [0.25, 0.3) is 0 Å². The minimum absolute atomic E-state index is 0.454. The van der Waals surface area contributed by atoms with E-state index in [1.807, 2.05) is 16.8 Å². The van der Waals surface area contributed by atoms with Crippen molar-refractivity contribution in [1.29, 1.82) is 0 Å². The van der Waals surface area contributed by atoms with Crippen molar-refractivity contribution in [1.82, 2.24) is 19.9 Å². The molecule has 0 bridgehead atoms. The summed E-state index contributed by atoms with van der Waals surface area (Å²) in [5, 5.41) is 7.70. The van der Waals surface area contributed by atoms with Gasteiger partial charge in [-0.15, -0.1) is 0 Å². The first kappa shape index (κ1) is 13.4. The lowest BCUT2D eigenvalue weighted by molar-refractivity contribution is 0.370. The zero-order valence-electron chi connectivity index (χ0n) is 12.3. The Balaban J connectivity index is 1.81. The van der Waals surface area contributed by atoms with Crippen molar-refractivity contribution in [2.45, 2.75) is 32.7 Å². The molecule has 1 saturated heterocycles. The molecule has 1 aliphatic heterocycles. The molecule has 1 aliphatic rings. The Bertz CT molecular complexity index is 556. The molecule has 1 N–H and O–H groups in total. The predicted octanol–water partition coefficient (Wildman–Crippen LogP) is 1.94. The van der Waals surface area contributed by atoms with Crippen LogP contribution in [0.25, 0.3) is 5.65 Å². The number of piperidine rings is 1. The maximum absolute atomic E-state index is 4.73. The van der Waals surface area contributed by atoms with Crippen molar-refractivity contribution in [3.05, 3.63) is 24.5 Å². The average Bonchev–Trinajstić information content (AvgIpc) is 2.93. The van der Waals surface area contributed by atoms with E-state index in [9.17, 15) is 0 Å². The van der Waals surface area contributed by atoms with E-state index in [4.69, 9.17) is 4.98 Å². The summed E-state index contributed by atoms with van der Waals surface area (Å²) >= 11 is 0. The Morgan fingerprint density at radius 3 is 3.10 bits per heavy atom. The number of nitrogens with zero attached hydrogens (tertiary/aromatic N) is 4. The van der Waals surface area contributed by atoms with E-state index >= 15 is 0 Å². The molecule has 20 heavy (non-hydrogen) atoms. The lowest BCUT2D eigenvalue weighted by atomic mass is 9.98. The SMILES string of the molecule is CC(C)N(CC1CCCNC1)c1ccn2nccc2n1. The van der Waals surface area contributed by atoms with Gasteiger partial charge < -0.3 is 10.2 Å². The zero-order chi connectivity index (χ0) is 13.9. The van der Waals surface area contributed by atoms with Crippen molar-refractivity contribution in [2.75, 3.05) is 24.5 Å². The number of hydrogen-bond donors (Lipinski definition) is 1. The lowest BCUT2D eigenvalue weighted by Crippen LogP contribution is -2.41. The molecule has 5 heteroatoms. The summed E-state index contributed by atoms with van der Waals surface area (Å²) in [5.41, 5.74) is 0.912. The minimum atomic E-state index is 0.454. The number of nitrogens with one attached hydrogen (secondary N) is 1. The van der Waals surface area contributed by atoms with Gasteiger partial charge in [-0.1, -0.05) is 0 Å². The Kier molecular flexibility index (Phi) is 3.87. The highest BCUT2D eigenvalue weighted by Gasteiger charge is 2.20. The standard InChI is InChI=1S/C15H23N5/c1-12(2)19(11-13-4-3-7-16-10-13)14-6-9-20-15(18-14)5-8-17-20/h5-6,8-9,12-13,16H,3-4,7,10-11H2,1-2H3. The van der Waals surface area contributed by atoms with Crippen molar-refractivity contribution < 1.29 is 0 Å². The monoisotopic (exact) mass is 273 g/mol. The van der Waals surface area contributed by atoms with Crippen molar-refractivity contribution in [2.24, 2.45) is 5.92 Å². The molecule has 108 valence electrons. The third-order valence-electron chi connectivity index (χ3n) is 4.01. The second-order valence-electron chi connectivity index (χ2n) is 5.88. The third-order valence-corrected chi connectivity index (χ3v) is 4.01. The molecular weight excluding hydrogens is 250 g/mol. The first-order chi connectivity index (χ1) is 9.74. The number of aromatic nitrogens is 3. The van der Waals surface area contributed by atoms with Crippen LogP contribution in [0.4, 0.5) is 5.82 Å². The average molecular weight is 273 g/mol. The van der Waals surface area contributed by atoms with Crippen LogP contribution in [-0.2, 0) is 0 Å². The van der Waals surface area contributed by atoms with Gasteiger partial charge in [0.15, 0.2) is 5.65 Å². The summed E-state index contributed by atoms with van der Waals surface area (Å²) in [7, 11) is 0. The number of rotatable bonds is 4. The van der Waals surface area contributed by atoms with E-state index in [0.717, 1.165) is 31.1 Å². The van der Waals surface area contributed by atoms with Gasteiger partial charge in [0, 0.05) is 24.8 Å². The largest absolute Gasteiger partial charge is 0.354 e. The van der Waals surface area contributed by atoms with Gasteiger partial charge in [-0.05, 0) is 51.8 Å². The van der Waals surface area contributed by atoms with Crippen LogP contribution < -0.4 is 10.2 Å². The summed E-state index contributed by atoms with van der Waals surface area (Å²) in [6.07, 6.45) is 6.37. The molecule has 3 rings (SSSR count). The van der Waals surface area contributed by atoms with E-state index in [2.05, 4.69) is 35.2 Å². The Morgan fingerprint density at radius 2 is 2.35 bits per heavy atom. The van der Waals surface area contributed by atoms with E-state index in [0.29, 0.717) is 12.0 Å².